The number of nitrogens with one attached hydrogen (secondary N) is 1. The molecular weight excluding hydrogens is 228 g/mol. The van der Waals surface area contributed by atoms with Crippen molar-refractivity contribution in [1.29, 1.82) is 0 Å². The Labute approximate surface area is 106 Å². The Morgan fingerprint density at radius 2 is 2.17 bits per heavy atom. The molecule has 1 aromatic heterocycles. The number of hydrogen-bond acceptors (Lipinski definition) is 2. The number of hydrogen-bond donors (Lipinski definition) is 1. The zero-order valence-corrected chi connectivity index (χ0v) is 10.6. The average Bonchev–Trinajstić information content (AvgIpc) is 3.12. The summed E-state index contributed by atoms with van der Waals surface area (Å²) in [6.07, 6.45) is 2.20. The largest absolute Gasteiger partial charge is 0.497 e. The lowest BCUT2D eigenvalue weighted by Gasteiger charge is -2.05. The molecule has 18 heavy (non-hydrogen) atoms. The highest BCUT2D eigenvalue weighted by Gasteiger charge is 2.25. The minimum Gasteiger partial charge on any atom is -0.497 e. The van der Waals surface area contributed by atoms with Crippen LogP contribution < -0.4 is 10.1 Å². The number of methoxy groups -OCH3 is 1. The summed E-state index contributed by atoms with van der Waals surface area (Å²) in [5, 5.41) is 4.04. The van der Waals surface area contributed by atoms with E-state index in [0.717, 1.165) is 29.5 Å². The summed E-state index contributed by atoms with van der Waals surface area (Å²) in [7, 11) is 3.56. The summed E-state index contributed by atoms with van der Waals surface area (Å²) in [5.41, 5.74) is 1.74. The Balaban J connectivity index is 2.01. The highest BCUT2D eigenvalue weighted by atomic mass is 16.5. The van der Waals surface area contributed by atoms with Gasteiger partial charge in [-0.05, 0) is 37.1 Å². The van der Waals surface area contributed by atoms with Crippen molar-refractivity contribution in [1.82, 2.24) is 9.88 Å². The number of aryl methyl sites for hydroxylation is 1. The van der Waals surface area contributed by atoms with E-state index in [1.54, 1.807) is 7.11 Å². The summed E-state index contributed by atoms with van der Waals surface area (Å²) < 4.78 is 7.12. The molecule has 0 saturated heterocycles. The number of nitrogens with zero attached hydrogens (tertiary/aromatic N) is 1. The number of rotatable bonds is 3. The quantitative estimate of drug-likeness (QED) is 0.898. The van der Waals surface area contributed by atoms with Gasteiger partial charge < -0.3 is 14.6 Å². The van der Waals surface area contributed by atoms with E-state index in [-0.39, 0.29) is 5.91 Å². The maximum absolute atomic E-state index is 12.1. The molecule has 1 aliphatic carbocycles. The Morgan fingerprint density at radius 3 is 2.83 bits per heavy atom. The second-order valence-corrected chi connectivity index (χ2v) is 4.76. The van der Waals surface area contributed by atoms with Gasteiger partial charge in [-0.25, -0.2) is 0 Å². The predicted molar refractivity (Wildman–Crippen MR) is 70.0 cm³/mol. The Bertz CT molecular complexity index is 612. The van der Waals surface area contributed by atoms with Gasteiger partial charge in [-0.2, -0.15) is 0 Å². The van der Waals surface area contributed by atoms with Crippen LogP contribution in [0.25, 0.3) is 10.9 Å². The van der Waals surface area contributed by atoms with Crippen LogP contribution in [0.4, 0.5) is 0 Å². The molecule has 1 heterocycles. The van der Waals surface area contributed by atoms with E-state index < -0.39 is 0 Å². The van der Waals surface area contributed by atoms with Gasteiger partial charge >= 0.3 is 0 Å². The zero-order chi connectivity index (χ0) is 12.7. The minimum absolute atomic E-state index is 0.00941. The van der Waals surface area contributed by atoms with Gasteiger partial charge in [0, 0.05) is 24.0 Å². The Morgan fingerprint density at radius 1 is 1.39 bits per heavy atom. The van der Waals surface area contributed by atoms with Gasteiger partial charge in [-0.3, -0.25) is 4.79 Å². The molecule has 94 valence electrons. The van der Waals surface area contributed by atoms with Crippen molar-refractivity contribution in [2.24, 2.45) is 7.05 Å². The molecule has 4 nitrogen and oxygen atoms in total. The van der Waals surface area contributed by atoms with Crippen molar-refractivity contribution in [3.63, 3.8) is 0 Å². The Hall–Kier alpha value is -1.97. The SMILES string of the molecule is COc1ccc2c(c1)cc(C(=O)NC1CC1)n2C. The molecule has 1 aliphatic rings. The number of carbonyl (C=O) groups is 1. The lowest BCUT2D eigenvalue weighted by atomic mass is 10.2. The number of fused-ring (bicyclic) bond motifs is 1. The van der Waals surface area contributed by atoms with Gasteiger partial charge in [0.2, 0.25) is 0 Å². The molecule has 1 amide bonds. The number of amides is 1. The second-order valence-electron chi connectivity index (χ2n) is 4.76. The average molecular weight is 244 g/mol. The van der Waals surface area contributed by atoms with Crippen LogP contribution in [0.3, 0.4) is 0 Å². The van der Waals surface area contributed by atoms with Gasteiger partial charge in [-0.15, -0.1) is 0 Å². The van der Waals surface area contributed by atoms with Crippen molar-refractivity contribution in [2.45, 2.75) is 18.9 Å². The zero-order valence-electron chi connectivity index (χ0n) is 10.6. The highest BCUT2D eigenvalue weighted by Crippen LogP contribution is 2.25. The van der Waals surface area contributed by atoms with E-state index in [9.17, 15) is 4.79 Å². The fraction of sp³-hybridized carbons (Fsp3) is 0.357. The molecule has 4 heteroatoms. The smallest absolute Gasteiger partial charge is 0.268 e. The molecule has 0 spiro atoms. The number of carbonyl (C=O) groups excluding carboxylic acids is 1. The van der Waals surface area contributed by atoms with Crippen LogP contribution in [0, 0.1) is 0 Å². The molecule has 1 aromatic carbocycles. The fourth-order valence-corrected chi connectivity index (χ4v) is 2.16. The van der Waals surface area contributed by atoms with Crippen LogP contribution in [-0.2, 0) is 7.05 Å². The maximum atomic E-state index is 12.1. The number of aromatic nitrogens is 1. The molecule has 0 unspecified atom stereocenters. The van der Waals surface area contributed by atoms with E-state index in [1.165, 1.54) is 0 Å². The molecule has 2 aromatic rings. The molecule has 3 rings (SSSR count). The first kappa shape index (κ1) is 11.1. The maximum Gasteiger partial charge on any atom is 0.268 e. The summed E-state index contributed by atoms with van der Waals surface area (Å²) in [4.78, 5) is 12.1. The van der Waals surface area contributed by atoms with Crippen LogP contribution in [-0.4, -0.2) is 23.6 Å². The summed E-state index contributed by atoms with van der Waals surface area (Å²) in [5.74, 6) is 0.817. The first-order chi connectivity index (χ1) is 8.69. The first-order valence-electron chi connectivity index (χ1n) is 6.13. The van der Waals surface area contributed by atoms with Crippen LogP contribution in [0.5, 0.6) is 5.75 Å². The van der Waals surface area contributed by atoms with Crippen LogP contribution >= 0.6 is 0 Å². The lowest BCUT2D eigenvalue weighted by molar-refractivity contribution is 0.0943. The second kappa shape index (κ2) is 4.05. The van der Waals surface area contributed by atoms with Gasteiger partial charge in [0.05, 0.1) is 7.11 Å². The predicted octanol–water partition coefficient (Wildman–Crippen LogP) is 2.08. The van der Waals surface area contributed by atoms with E-state index in [0.29, 0.717) is 11.7 Å². The standard InChI is InChI=1S/C14H16N2O2/c1-16-12-6-5-11(18-2)7-9(12)8-13(16)14(17)15-10-3-4-10/h5-8,10H,3-4H2,1-2H3,(H,15,17). The van der Waals surface area contributed by atoms with Crippen molar-refractivity contribution < 1.29 is 9.53 Å². The molecule has 1 fully saturated rings. The van der Waals surface area contributed by atoms with Gasteiger partial charge in [0.25, 0.3) is 5.91 Å². The lowest BCUT2D eigenvalue weighted by Crippen LogP contribution is -2.27. The molecule has 0 bridgehead atoms. The van der Waals surface area contributed by atoms with Crippen molar-refractivity contribution in [3.05, 3.63) is 30.0 Å². The van der Waals surface area contributed by atoms with Crippen LogP contribution in [0.1, 0.15) is 23.3 Å². The molecule has 0 aliphatic heterocycles. The molecule has 0 radical (unpaired) electrons. The molecule has 1 N–H and O–H groups in total. The number of benzene rings is 1. The molecule has 0 atom stereocenters. The van der Waals surface area contributed by atoms with Gasteiger partial charge in [-0.1, -0.05) is 0 Å². The monoisotopic (exact) mass is 244 g/mol. The van der Waals surface area contributed by atoms with E-state index in [2.05, 4.69) is 5.32 Å². The topological polar surface area (TPSA) is 43.3 Å². The minimum atomic E-state index is 0.00941. The summed E-state index contributed by atoms with van der Waals surface area (Å²) >= 11 is 0. The summed E-state index contributed by atoms with van der Waals surface area (Å²) in [6.45, 7) is 0. The first-order valence-corrected chi connectivity index (χ1v) is 6.13. The van der Waals surface area contributed by atoms with Gasteiger partial charge in [0.1, 0.15) is 11.4 Å². The fourth-order valence-electron chi connectivity index (χ4n) is 2.16. The molecule has 1 saturated carbocycles. The third kappa shape index (κ3) is 1.83. The third-order valence-corrected chi connectivity index (χ3v) is 3.39. The van der Waals surface area contributed by atoms with Crippen LogP contribution in [0.15, 0.2) is 24.3 Å². The third-order valence-electron chi connectivity index (χ3n) is 3.39. The van der Waals surface area contributed by atoms with E-state index in [4.69, 9.17) is 4.74 Å². The Kier molecular flexibility index (Phi) is 2.51. The molecular formula is C14H16N2O2. The van der Waals surface area contributed by atoms with Crippen LogP contribution in [0.2, 0.25) is 0 Å². The van der Waals surface area contributed by atoms with Crippen molar-refractivity contribution >= 4 is 16.8 Å². The summed E-state index contributed by atoms with van der Waals surface area (Å²) in [6, 6.07) is 8.12. The van der Waals surface area contributed by atoms with E-state index in [1.807, 2.05) is 35.9 Å². The highest BCUT2D eigenvalue weighted by molar-refractivity contribution is 5.99. The normalized spacial score (nSPS) is 14.8. The van der Waals surface area contributed by atoms with E-state index >= 15 is 0 Å². The number of ether oxygens (including phenoxy) is 1. The van der Waals surface area contributed by atoms with Gasteiger partial charge in [0.15, 0.2) is 0 Å². The van der Waals surface area contributed by atoms with Crippen molar-refractivity contribution in [2.75, 3.05) is 7.11 Å². The van der Waals surface area contributed by atoms with Crippen molar-refractivity contribution in [3.8, 4) is 5.75 Å².